The molecule has 0 saturated heterocycles. The predicted octanol–water partition coefficient (Wildman–Crippen LogP) is 2.11. The first-order chi connectivity index (χ1) is 6.66. The van der Waals surface area contributed by atoms with Gasteiger partial charge in [0.05, 0.1) is 6.04 Å². The molecule has 76 valence electrons. The van der Waals surface area contributed by atoms with E-state index in [2.05, 4.69) is 5.32 Å². The van der Waals surface area contributed by atoms with Crippen LogP contribution in [0.3, 0.4) is 0 Å². The molecule has 0 aliphatic rings. The number of rotatable bonds is 4. The molecule has 0 aromatic heterocycles. The topological polar surface area (TPSA) is 29.1 Å². The van der Waals surface area contributed by atoms with Crippen molar-refractivity contribution >= 4 is 5.78 Å². The maximum absolute atomic E-state index is 12.0. The zero-order chi connectivity index (χ0) is 10.6. The Labute approximate surface area is 85.3 Å². The second-order valence-corrected chi connectivity index (χ2v) is 3.74. The molecule has 0 radical (unpaired) electrons. The molecule has 1 N–H and O–H groups in total. The lowest BCUT2D eigenvalue weighted by Gasteiger charge is -2.18. The Kier molecular flexibility index (Phi) is 3.84. The van der Waals surface area contributed by atoms with Crippen molar-refractivity contribution in [3.63, 3.8) is 0 Å². The monoisotopic (exact) mass is 191 g/mol. The molecule has 0 aliphatic heterocycles. The van der Waals surface area contributed by atoms with Crippen molar-refractivity contribution in [1.82, 2.24) is 5.32 Å². The molecule has 0 saturated carbocycles. The van der Waals surface area contributed by atoms with Gasteiger partial charge in [-0.15, -0.1) is 0 Å². The van der Waals surface area contributed by atoms with Crippen LogP contribution < -0.4 is 5.32 Å². The number of ketones is 1. The summed E-state index contributed by atoms with van der Waals surface area (Å²) in [6.07, 6.45) is 0. The van der Waals surface area contributed by atoms with Crippen molar-refractivity contribution in [2.75, 3.05) is 7.05 Å². The Morgan fingerprint density at radius 3 is 2.21 bits per heavy atom. The molecule has 1 aromatic carbocycles. The quantitative estimate of drug-likeness (QED) is 0.738. The average molecular weight is 191 g/mol. The van der Waals surface area contributed by atoms with E-state index in [1.165, 1.54) is 0 Å². The molecule has 1 atom stereocenters. The van der Waals surface area contributed by atoms with Gasteiger partial charge in [-0.2, -0.15) is 0 Å². The van der Waals surface area contributed by atoms with Crippen LogP contribution in [0.5, 0.6) is 0 Å². The third-order valence-corrected chi connectivity index (χ3v) is 2.32. The van der Waals surface area contributed by atoms with E-state index in [0.717, 1.165) is 5.56 Å². The van der Waals surface area contributed by atoms with E-state index >= 15 is 0 Å². The highest BCUT2D eigenvalue weighted by atomic mass is 16.1. The molecule has 0 spiro atoms. The first-order valence-electron chi connectivity index (χ1n) is 4.93. The first kappa shape index (κ1) is 10.9. The van der Waals surface area contributed by atoms with Crippen LogP contribution in [0.1, 0.15) is 24.2 Å². The van der Waals surface area contributed by atoms with Crippen LogP contribution in [0.25, 0.3) is 0 Å². The molecule has 0 bridgehead atoms. The highest BCUT2D eigenvalue weighted by molar-refractivity contribution is 6.00. The Hall–Kier alpha value is -1.15. The molecule has 1 aromatic rings. The van der Waals surface area contributed by atoms with Crippen LogP contribution in [0.15, 0.2) is 30.3 Å². The van der Waals surface area contributed by atoms with E-state index in [0.29, 0.717) is 5.92 Å². The lowest BCUT2D eigenvalue weighted by Crippen LogP contribution is -2.38. The zero-order valence-electron chi connectivity index (χ0n) is 8.95. The molecule has 0 amide bonds. The van der Waals surface area contributed by atoms with Gasteiger partial charge in [-0.3, -0.25) is 4.79 Å². The molecule has 2 heteroatoms. The van der Waals surface area contributed by atoms with Crippen LogP contribution in [0.4, 0.5) is 0 Å². The van der Waals surface area contributed by atoms with E-state index in [1.54, 1.807) is 0 Å². The normalized spacial score (nSPS) is 12.9. The summed E-state index contributed by atoms with van der Waals surface area (Å²) in [6.45, 7) is 4.09. The number of nitrogens with one attached hydrogen (secondary N) is 1. The van der Waals surface area contributed by atoms with Crippen LogP contribution in [-0.4, -0.2) is 18.9 Å². The maximum atomic E-state index is 12.0. The van der Waals surface area contributed by atoms with Gasteiger partial charge in [0.25, 0.3) is 0 Å². The number of hydrogen-bond donors (Lipinski definition) is 1. The number of likely N-dealkylation sites (N-methyl/N-ethyl adjacent to an activating group) is 1. The Balaban J connectivity index is 2.84. The molecule has 2 nitrogen and oxygen atoms in total. The Morgan fingerprint density at radius 2 is 1.79 bits per heavy atom. The average Bonchev–Trinajstić information content (AvgIpc) is 2.19. The fraction of sp³-hybridized carbons (Fsp3) is 0.417. The summed E-state index contributed by atoms with van der Waals surface area (Å²) in [5.41, 5.74) is 0.778. The number of hydrogen-bond acceptors (Lipinski definition) is 2. The number of benzene rings is 1. The van der Waals surface area contributed by atoms with Crippen molar-refractivity contribution < 1.29 is 4.79 Å². The third-order valence-electron chi connectivity index (χ3n) is 2.32. The minimum atomic E-state index is -0.0857. The van der Waals surface area contributed by atoms with Gasteiger partial charge in [0.15, 0.2) is 5.78 Å². The number of Topliss-reactive ketones (excluding diaryl/α,β-unsaturated/α-hetero) is 1. The summed E-state index contributed by atoms with van der Waals surface area (Å²) in [6, 6.07) is 9.32. The van der Waals surface area contributed by atoms with Gasteiger partial charge in [0, 0.05) is 5.56 Å². The van der Waals surface area contributed by atoms with E-state index in [-0.39, 0.29) is 11.8 Å². The van der Waals surface area contributed by atoms with Gasteiger partial charge in [-0.25, -0.2) is 0 Å². The van der Waals surface area contributed by atoms with Crippen molar-refractivity contribution in [3.05, 3.63) is 35.9 Å². The highest BCUT2D eigenvalue weighted by Crippen LogP contribution is 2.09. The number of carbonyl (C=O) groups is 1. The molecule has 0 heterocycles. The molecule has 1 rings (SSSR count). The van der Waals surface area contributed by atoms with Gasteiger partial charge in [0.1, 0.15) is 0 Å². The molecular formula is C12H17NO. The highest BCUT2D eigenvalue weighted by Gasteiger charge is 2.20. The molecular weight excluding hydrogens is 174 g/mol. The van der Waals surface area contributed by atoms with Crippen molar-refractivity contribution in [3.8, 4) is 0 Å². The molecule has 0 unspecified atom stereocenters. The van der Waals surface area contributed by atoms with Crippen molar-refractivity contribution in [2.24, 2.45) is 5.92 Å². The lowest BCUT2D eigenvalue weighted by atomic mass is 9.95. The summed E-state index contributed by atoms with van der Waals surface area (Å²) >= 11 is 0. The van der Waals surface area contributed by atoms with Gasteiger partial charge < -0.3 is 5.32 Å². The van der Waals surface area contributed by atoms with E-state index in [9.17, 15) is 4.79 Å². The number of carbonyl (C=O) groups excluding carboxylic acids is 1. The van der Waals surface area contributed by atoms with Crippen LogP contribution in [0.2, 0.25) is 0 Å². The standard InChI is InChI=1S/C12H17NO/c1-9(2)11(13-3)12(14)10-7-5-4-6-8-10/h4-9,11,13H,1-3H3/t11-/m1/s1. The minimum absolute atomic E-state index is 0.0857. The van der Waals surface area contributed by atoms with E-state index in [4.69, 9.17) is 0 Å². The molecule has 14 heavy (non-hydrogen) atoms. The van der Waals surface area contributed by atoms with Gasteiger partial charge >= 0.3 is 0 Å². The van der Waals surface area contributed by atoms with Gasteiger partial charge in [0.2, 0.25) is 0 Å². The van der Waals surface area contributed by atoms with Gasteiger partial charge in [-0.1, -0.05) is 44.2 Å². The summed E-state index contributed by atoms with van der Waals surface area (Å²) in [5.74, 6) is 0.482. The van der Waals surface area contributed by atoms with E-state index in [1.807, 2.05) is 51.2 Å². The molecule has 0 aliphatic carbocycles. The second kappa shape index (κ2) is 4.91. The molecule has 0 fully saturated rings. The predicted molar refractivity (Wildman–Crippen MR) is 58.5 cm³/mol. The maximum Gasteiger partial charge on any atom is 0.179 e. The second-order valence-electron chi connectivity index (χ2n) is 3.74. The minimum Gasteiger partial charge on any atom is -0.310 e. The summed E-state index contributed by atoms with van der Waals surface area (Å²) < 4.78 is 0. The van der Waals surface area contributed by atoms with Crippen molar-refractivity contribution in [2.45, 2.75) is 19.9 Å². The van der Waals surface area contributed by atoms with E-state index < -0.39 is 0 Å². The first-order valence-corrected chi connectivity index (χ1v) is 4.93. The Morgan fingerprint density at radius 1 is 1.21 bits per heavy atom. The zero-order valence-corrected chi connectivity index (χ0v) is 8.95. The van der Waals surface area contributed by atoms with Crippen LogP contribution in [-0.2, 0) is 0 Å². The van der Waals surface area contributed by atoms with Crippen LogP contribution >= 0.6 is 0 Å². The van der Waals surface area contributed by atoms with Gasteiger partial charge in [-0.05, 0) is 13.0 Å². The SMILES string of the molecule is CN[C@@H](C(=O)c1ccccc1)C(C)C. The summed E-state index contributed by atoms with van der Waals surface area (Å²) in [4.78, 5) is 12.0. The van der Waals surface area contributed by atoms with Crippen molar-refractivity contribution in [1.29, 1.82) is 0 Å². The van der Waals surface area contributed by atoms with Crippen LogP contribution in [0, 0.1) is 5.92 Å². The fourth-order valence-electron chi connectivity index (χ4n) is 1.55. The largest absolute Gasteiger partial charge is 0.310 e. The lowest BCUT2D eigenvalue weighted by molar-refractivity contribution is 0.0922. The third kappa shape index (κ3) is 2.42. The summed E-state index contributed by atoms with van der Waals surface area (Å²) in [7, 11) is 1.82. The summed E-state index contributed by atoms with van der Waals surface area (Å²) in [5, 5.41) is 3.05. The fourth-order valence-corrected chi connectivity index (χ4v) is 1.55. The smallest absolute Gasteiger partial charge is 0.179 e. The Bertz CT molecular complexity index is 292.